The van der Waals surface area contributed by atoms with Crippen LogP contribution in [-0.2, 0) is 13.6 Å². The highest BCUT2D eigenvalue weighted by atomic mass is 79.9. The number of hydrogen-bond donors (Lipinski definition) is 1. The monoisotopic (exact) mass is 347 g/mol. The van der Waals surface area contributed by atoms with Crippen molar-refractivity contribution >= 4 is 44.8 Å². The molecule has 3 nitrogen and oxygen atoms in total. The molecule has 1 heterocycles. The van der Waals surface area contributed by atoms with Gasteiger partial charge in [0, 0.05) is 23.6 Å². The Hall–Kier alpha value is -0.710. The van der Waals surface area contributed by atoms with Gasteiger partial charge in [-0.2, -0.15) is 5.10 Å². The minimum absolute atomic E-state index is 0.597. The molecule has 18 heavy (non-hydrogen) atoms. The fraction of sp³-hybridized carbons (Fsp3) is 0.250. The van der Waals surface area contributed by atoms with E-state index in [2.05, 4.69) is 26.3 Å². The molecule has 0 aliphatic carbocycles. The van der Waals surface area contributed by atoms with Gasteiger partial charge in [-0.3, -0.25) is 4.68 Å². The summed E-state index contributed by atoms with van der Waals surface area (Å²) in [6.07, 6.45) is 0. The van der Waals surface area contributed by atoms with Crippen LogP contribution in [0.5, 0.6) is 0 Å². The summed E-state index contributed by atoms with van der Waals surface area (Å²) in [7, 11) is 1.82. The SMILES string of the molecule is Cc1nn(C)c(Cl)c1CNc1ccc(Br)cc1Cl. The lowest BCUT2D eigenvalue weighted by Gasteiger charge is -2.08. The predicted molar refractivity (Wildman–Crippen MR) is 79.4 cm³/mol. The minimum Gasteiger partial charge on any atom is -0.380 e. The van der Waals surface area contributed by atoms with E-state index in [1.807, 2.05) is 32.2 Å². The van der Waals surface area contributed by atoms with Gasteiger partial charge < -0.3 is 5.32 Å². The van der Waals surface area contributed by atoms with E-state index >= 15 is 0 Å². The summed E-state index contributed by atoms with van der Waals surface area (Å²) in [5, 5.41) is 8.84. The number of aromatic nitrogens is 2. The summed E-state index contributed by atoms with van der Waals surface area (Å²) in [5.41, 5.74) is 2.78. The Bertz CT molecular complexity index is 581. The number of hydrogen-bond acceptors (Lipinski definition) is 2. The zero-order chi connectivity index (χ0) is 13.3. The second kappa shape index (κ2) is 5.51. The van der Waals surface area contributed by atoms with Crippen molar-refractivity contribution in [2.24, 2.45) is 7.05 Å². The number of rotatable bonds is 3. The first kappa shape index (κ1) is 13.7. The number of nitrogens with one attached hydrogen (secondary N) is 1. The van der Waals surface area contributed by atoms with Crippen molar-refractivity contribution in [3.05, 3.63) is 44.1 Å². The predicted octanol–water partition coefficient (Wildman–Crippen LogP) is 4.41. The van der Waals surface area contributed by atoms with Crippen molar-refractivity contribution < 1.29 is 0 Å². The Balaban J connectivity index is 2.16. The van der Waals surface area contributed by atoms with Gasteiger partial charge in [0.2, 0.25) is 0 Å². The van der Waals surface area contributed by atoms with Crippen molar-refractivity contribution in [1.29, 1.82) is 0 Å². The van der Waals surface area contributed by atoms with E-state index in [1.54, 1.807) is 4.68 Å². The van der Waals surface area contributed by atoms with Crippen LogP contribution in [0.25, 0.3) is 0 Å². The first-order chi connectivity index (χ1) is 8.49. The molecule has 0 saturated heterocycles. The number of benzene rings is 1. The fourth-order valence-electron chi connectivity index (χ4n) is 1.69. The molecule has 0 bridgehead atoms. The van der Waals surface area contributed by atoms with Gasteiger partial charge in [0.25, 0.3) is 0 Å². The van der Waals surface area contributed by atoms with Gasteiger partial charge in [0.05, 0.1) is 16.4 Å². The van der Waals surface area contributed by atoms with Crippen LogP contribution in [0.15, 0.2) is 22.7 Å². The first-order valence-electron chi connectivity index (χ1n) is 5.36. The smallest absolute Gasteiger partial charge is 0.131 e. The van der Waals surface area contributed by atoms with Crippen molar-refractivity contribution in [1.82, 2.24) is 9.78 Å². The third-order valence-corrected chi connectivity index (χ3v) is 3.94. The van der Waals surface area contributed by atoms with E-state index in [1.165, 1.54) is 0 Å². The van der Waals surface area contributed by atoms with Gasteiger partial charge in [-0.1, -0.05) is 39.1 Å². The Labute approximate surface area is 124 Å². The molecule has 6 heteroatoms. The fourth-order valence-corrected chi connectivity index (χ4v) is 2.67. The van der Waals surface area contributed by atoms with Crippen LogP contribution in [0, 0.1) is 6.92 Å². The van der Waals surface area contributed by atoms with Crippen molar-refractivity contribution in [2.45, 2.75) is 13.5 Å². The Morgan fingerprint density at radius 3 is 2.67 bits per heavy atom. The van der Waals surface area contributed by atoms with Crippen LogP contribution in [0.2, 0.25) is 10.2 Å². The summed E-state index contributed by atoms with van der Waals surface area (Å²) in [5.74, 6) is 0. The number of nitrogens with zero attached hydrogens (tertiary/aromatic N) is 2. The van der Waals surface area contributed by atoms with E-state index in [4.69, 9.17) is 23.2 Å². The molecule has 2 rings (SSSR count). The summed E-state index contributed by atoms with van der Waals surface area (Å²) in [6.45, 7) is 2.53. The number of anilines is 1. The van der Waals surface area contributed by atoms with E-state index in [0.717, 1.165) is 21.4 Å². The van der Waals surface area contributed by atoms with Gasteiger partial charge >= 0.3 is 0 Å². The van der Waals surface area contributed by atoms with Gasteiger partial charge in [0.15, 0.2) is 0 Å². The van der Waals surface area contributed by atoms with E-state index in [-0.39, 0.29) is 0 Å². The zero-order valence-corrected chi connectivity index (χ0v) is 13.1. The molecule has 0 aliphatic rings. The highest BCUT2D eigenvalue weighted by Gasteiger charge is 2.11. The largest absolute Gasteiger partial charge is 0.380 e. The molecular formula is C12H12BrCl2N3. The van der Waals surface area contributed by atoms with Crippen LogP contribution < -0.4 is 5.32 Å². The lowest BCUT2D eigenvalue weighted by molar-refractivity contribution is 0.757. The molecule has 0 aliphatic heterocycles. The minimum atomic E-state index is 0.597. The highest BCUT2D eigenvalue weighted by molar-refractivity contribution is 9.10. The Morgan fingerprint density at radius 2 is 2.11 bits per heavy atom. The summed E-state index contributed by atoms with van der Waals surface area (Å²) < 4.78 is 2.62. The quantitative estimate of drug-likeness (QED) is 0.890. The maximum Gasteiger partial charge on any atom is 0.131 e. The molecule has 0 saturated carbocycles. The van der Waals surface area contributed by atoms with Gasteiger partial charge in [0.1, 0.15) is 5.15 Å². The Kier molecular flexibility index (Phi) is 4.20. The molecule has 1 aromatic heterocycles. The zero-order valence-electron chi connectivity index (χ0n) is 9.97. The summed E-state index contributed by atoms with van der Waals surface area (Å²) >= 11 is 15.7. The lowest BCUT2D eigenvalue weighted by atomic mass is 10.2. The average Bonchev–Trinajstić information content (AvgIpc) is 2.53. The number of halogens is 3. The standard InChI is InChI=1S/C12H12BrCl2N3/c1-7-9(12(15)18(2)17-7)6-16-11-4-3-8(13)5-10(11)14/h3-5,16H,6H2,1-2H3. The van der Waals surface area contributed by atoms with E-state index in [0.29, 0.717) is 16.7 Å². The molecule has 0 fully saturated rings. The van der Waals surface area contributed by atoms with Gasteiger partial charge in [-0.15, -0.1) is 0 Å². The Morgan fingerprint density at radius 1 is 1.39 bits per heavy atom. The van der Waals surface area contributed by atoms with Gasteiger partial charge in [-0.05, 0) is 25.1 Å². The molecular weight excluding hydrogens is 337 g/mol. The van der Waals surface area contributed by atoms with Crippen LogP contribution >= 0.6 is 39.1 Å². The van der Waals surface area contributed by atoms with Gasteiger partial charge in [-0.25, -0.2) is 0 Å². The average molecular weight is 349 g/mol. The molecule has 1 N–H and O–H groups in total. The van der Waals surface area contributed by atoms with Crippen LogP contribution in [0.3, 0.4) is 0 Å². The molecule has 96 valence electrons. The molecule has 0 amide bonds. The number of aryl methyl sites for hydroxylation is 2. The summed E-state index contributed by atoms with van der Waals surface area (Å²) in [6, 6.07) is 5.71. The lowest BCUT2D eigenvalue weighted by Crippen LogP contribution is -2.01. The normalized spacial score (nSPS) is 10.7. The topological polar surface area (TPSA) is 29.9 Å². The first-order valence-corrected chi connectivity index (χ1v) is 6.91. The van der Waals surface area contributed by atoms with Crippen LogP contribution in [0.1, 0.15) is 11.3 Å². The molecule has 2 aromatic rings. The van der Waals surface area contributed by atoms with E-state index < -0.39 is 0 Å². The van der Waals surface area contributed by atoms with Crippen molar-refractivity contribution in [3.63, 3.8) is 0 Å². The molecule has 0 spiro atoms. The van der Waals surface area contributed by atoms with Crippen LogP contribution in [0.4, 0.5) is 5.69 Å². The van der Waals surface area contributed by atoms with Crippen LogP contribution in [-0.4, -0.2) is 9.78 Å². The third-order valence-electron chi connectivity index (χ3n) is 2.66. The summed E-state index contributed by atoms with van der Waals surface area (Å²) in [4.78, 5) is 0. The molecule has 0 atom stereocenters. The second-order valence-electron chi connectivity index (χ2n) is 3.96. The second-order valence-corrected chi connectivity index (χ2v) is 5.64. The van der Waals surface area contributed by atoms with Crippen molar-refractivity contribution in [3.8, 4) is 0 Å². The molecule has 1 aromatic carbocycles. The highest BCUT2D eigenvalue weighted by Crippen LogP contribution is 2.27. The molecule has 0 radical (unpaired) electrons. The van der Waals surface area contributed by atoms with E-state index in [9.17, 15) is 0 Å². The van der Waals surface area contributed by atoms with Crippen molar-refractivity contribution in [2.75, 3.05) is 5.32 Å². The maximum absolute atomic E-state index is 6.17. The third kappa shape index (κ3) is 2.82. The maximum atomic E-state index is 6.17. The molecule has 0 unspecified atom stereocenters.